The molecule has 0 aromatic heterocycles. The van der Waals surface area contributed by atoms with Crippen LogP contribution in [-0.4, -0.2) is 16.5 Å². The fraction of sp³-hybridized carbons (Fsp3) is 0.400. The van der Waals surface area contributed by atoms with E-state index in [2.05, 4.69) is 0 Å². The standard InChI is InChI=1S/C10H13FOS/c1-10(2,7-12)13-9-5-3-4-8(11)6-9/h3-6,12H,7H2,1-2H3. The average Bonchev–Trinajstić information content (AvgIpc) is 2.03. The van der Waals surface area contributed by atoms with Gasteiger partial charge >= 0.3 is 0 Å². The van der Waals surface area contributed by atoms with E-state index < -0.39 is 0 Å². The van der Waals surface area contributed by atoms with Gasteiger partial charge in [0.15, 0.2) is 0 Å². The molecule has 1 nitrogen and oxygen atoms in total. The average molecular weight is 200 g/mol. The Morgan fingerprint density at radius 1 is 1.46 bits per heavy atom. The van der Waals surface area contributed by atoms with E-state index in [0.29, 0.717) is 0 Å². The van der Waals surface area contributed by atoms with Gasteiger partial charge in [0, 0.05) is 9.64 Å². The Morgan fingerprint density at radius 2 is 2.15 bits per heavy atom. The molecule has 0 atom stereocenters. The van der Waals surface area contributed by atoms with Crippen molar-refractivity contribution in [3.05, 3.63) is 30.1 Å². The van der Waals surface area contributed by atoms with Crippen molar-refractivity contribution in [3.8, 4) is 0 Å². The zero-order valence-corrected chi connectivity index (χ0v) is 8.57. The van der Waals surface area contributed by atoms with Crippen molar-refractivity contribution in [2.75, 3.05) is 6.61 Å². The fourth-order valence-electron chi connectivity index (χ4n) is 0.882. The second kappa shape index (κ2) is 4.11. The molecule has 0 amide bonds. The van der Waals surface area contributed by atoms with Crippen LogP contribution in [0.2, 0.25) is 0 Å². The van der Waals surface area contributed by atoms with Crippen LogP contribution in [0, 0.1) is 5.82 Å². The van der Waals surface area contributed by atoms with E-state index in [4.69, 9.17) is 5.11 Å². The molecule has 72 valence electrons. The summed E-state index contributed by atoms with van der Waals surface area (Å²) in [6, 6.07) is 6.40. The predicted molar refractivity (Wildman–Crippen MR) is 53.4 cm³/mol. The minimum Gasteiger partial charge on any atom is -0.395 e. The molecule has 0 bridgehead atoms. The molecule has 3 heteroatoms. The van der Waals surface area contributed by atoms with Crippen molar-refractivity contribution in [2.45, 2.75) is 23.5 Å². The summed E-state index contributed by atoms with van der Waals surface area (Å²) in [5, 5.41) is 9.01. The largest absolute Gasteiger partial charge is 0.395 e. The first-order chi connectivity index (χ1) is 6.03. The van der Waals surface area contributed by atoms with Crippen LogP contribution in [0.15, 0.2) is 29.2 Å². The van der Waals surface area contributed by atoms with Crippen molar-refractivity contribution in [1.29, 1.82) is 0 Å². The molecule has 0 saturated carbocycles. The highest BCUT2D eigenvalue weighted by Gasteiger charge is 2.17. The smallest absolute Gasteiger partial charge is 0.124 e. The number of aliphatic hydroxyl groups is 1. The Bertz CT molecular complexity index is 286. The number of hydrogen-bond donors (Lipinski definition) is 1. The zero-order chi connectivity index (χ0) is 9.90. The Balaban J connectivity index is 2.74. The first-order valence-corrected chi connectivity index (χ1v) is 4.90. The van der Waals surface area contributed by atoms with E-state index in [1.54, 1.807) is 6.07 Å². The molecule has 0 radical (unpaired) electrons. The van der Waals surface area contributed by atoms with Gasteiger partial charge in [-0.1, -0.05) is 6.07 Å². The molecule has 1 rings (SSSR count). The summed E-state index contributed by atoms with van der Waals surface area (Å²) >= 11 is 1.47. The van der Waals surface area contributed by atoms with E-state index in [0.717, 1.165) is 4.90 Å². The van der Waals surface area contributed by atoms with E-state index in [1.807, 2.05) is 19.9 Å². The summed E-state index contributed by atoms with van der Waals surface area (Å²) in [4.78, 5) is 0.846. The predicted octanol–water partition coefficient (Wildman–Crippen LogP) is 2.69. The van der Waals surface area contributed by atoms with E-state index in [-0.39, 0.29) is 17.2 Å². The second-order valence-corrected chi connectivity index (χ2v) is 5.26. The number of halogens is 1. The monoisotopic (exact) mass is 200 g/mol. The van der Waals surface area contributed by atoms with Crippen molar-refractivity contribution >= 4 is 11.8 Å². The van der Waals surface area contributed by atoms with E-state index >= 15 is 0 Å². The molecule has 0 fully saturated rings. The highest BCUT2D eigenvalue weighted by molar-refractivity contribution is 8.00. The van der Waals surface area contributed by atoms with Crippen LogP contribution in [0.25, 0.3) is 0 Å². The molecule has 1 aromatic carbocycles. The van der Waals surface area contributed by atoms with Crippen LogP contribution in [0.3, 0.4) is 0 Å². The number of thioether (sulfide) groups is 1. The molecule has 0 spiro atoms. The zero-order valence-electron chi connectivity index (χ0n) is 7.75. The van der Waals surface area contributed by atoms with Crippen LogP contribution in [0.1, 0.15) is 13.8 Å². The Kier molecular flexibility index (Phi) is 3.33. The number of hydrogen-bond acceptors (Lipinski definition) is 2. The molecule has 1 N–H and O–H groups in total. The topological polar surface area (TPSA) is 20.2 Å². The normalized spacial score (nSPS) is 11.7. The molecule has 0 unspecified atom stereocenters. The molecule has 0 saturated heterocycles. The van der Waals surface area contributed by atoms with Gasteiger partial charge in [0.2, 0.25) is 0 Å². The Hall–Kier alpha value is -0.540. The van der Waals surface area contributed by atoms with Crippen molar-refractivity contribution in [1.82, 2.24) is 0 Å². The van der Waals surface area contributed by atoms with Gasteiger partial charge < -0.3 is 5.11 Å². The molecule has 0 heterocycles. The van der Waals surface area contributed by atoms with Gasteiger partial charge in [0.1, 0.15) is 5.82 Å². The van der Waals surface area contributed by atoms with Gasteiger partial charge in [0.25, 0.3) is 0 Å². The molecular formula is C10H13FOS. The molecule has 0 aliphatic heterocycles. The van der Waals surface area contributed by atoms with E-state index in [1.165, 1.54) is 23.9 Å². The summed E-state index contributed by atoms with van der Waals surface area (Å²) in [7, 11) is 0. The quantitative estimate of drug-likeness (QED) is 0.757. The summed E-state index contributed by atoms with van der Waals surface area (Å²) in [5.41, 5.74) is 0. The van der Waals surface area contributed by atoms with E-state index in [9.17, 15) is 4.39 Å². The summed E-state index contributed by atoms with van der Waals surface area (Å²) < 4.78 is 12.5. The maximum Gasteiger partial charge on any atom is 0.124 e. The Labute approximate surface area is 82.0 Å². The first-order valence-electron chi connectivity index (χ1n) is 4.09. The van der Waals surface area contributed by atoms with Crippen LogP contribution in [0.5, 0.6) is 0 Å². The van der Waals surface area contributed by atoms with Gasteiger partial charge in [-0.3, -0.25) is 0 Å². The lowest BCUT2D eigenvalue weighted by atomic mass is 10.2. The van der Waals surface area contributed by atoms with Gasteiger partial charge in [-0.25, -0.2) is 4.39 Å². The third-order valence-corrected chi connectivity index (χ3v) is 2.74. The fourth-order valence-corrected chi connectivity index (χ4v) is 1.90. The minimum atomic E-state index is -0.256. The molecular weight excluding hydrogens is 187 g/mol. The Morgan fingerprint density at radius 3 is 2.69 bits per heavy atom. The maximum atomic E-state index is 12.8. The second-order valence-electron chi connectivity index (χ2n) is 3.48. The first kappa shape index (κ1) is 10.5. The highest BCUT2D eigenvalue weighted by atomic mass is 32.2. The van der Waals surface area contributed by atoms with Crippen LogP contribution in [0.4, 0.5) is 4.39 Å². The van der Waals surface area contributed by atoms with Crippen molar-refractivity contribution in [3.63, 3.8) is 0 Å². The lowest BCUT2D eigenvalue weighted by Crippen LogP contribution is -2.19. The van der Waals surface area contributed by atoms with Crippen LogP contribution >= 0.6 is 11.8 Å². The number of rotatable bonds is 3. The van der Waals surface area contributed by atoms with Gasteiger partial charge in [-0.15, -0.1) is 11.8 Å². The number of benzene rings is 1. The maximum absolute atomic E-state index is 12.8. The van der Waals surface area contributed by atoms with Gasteiger partial charge in [-0.2, -0.15) is 0 Å². The molecule has 0 aliphatic carbocycles. The third-order valence-electron chi connectivity index (χ3n) is 1.57. The SMILES string of the molecule is CC(C)(CO)Sc1cccc(F)c1. The van der Waals surface area contributed by atoms with Crippen molar-refractivity contribution in [2.24, 2.45) is 0 Å². The third kappa shape index (κ3) is 3.36. The van der Waals surface area contributed by atoms with Crippen molar-refractivity contribution < 1.29 is 9.50 Å². The summed E-state index contributed by atoms with van der Waals surface area (Å²) in [6.45, 7) is 3.92. The molecule has 1 aromatic rings. The molecule has 13 heavy (non-hydrogen) atoms. The number of aliphatic hydroxyl groups excluding tert-OH is 1. The highest BCUT2D eigenvalue weighted by Crippen LogP contribution is 2.31. The lowest BCUT2D eigenvalue weighted by Gasteiger charge is -2.20. The van der Waals surface area contributed by atoms with Gasteiger partial charge in [-0.05, 0) is 32.0 Å². The lowest BCUT2D eigenvalue weighted by molar-refractivity contribution is 0.265. The van der Waals surface area contributed by atoms with Gasteiger partial charge in [0.05, 0.1) is 6.61 Å². The van der Waals surface area contributed by atoms with Crippen LogP contribution in [-0.2, 0) is 0 Å². The minimum absolute atomic E-state index is 0.0776. The van der Waals surface area contributed by atoms with Crippen LogP contribution < -0.4 is 0 Å². The molecule has 0 aliphatic rings. The summed E-state index contributed by atoms with van der Waals surface area (Å²) in [5.74, 6) is -0.237. The summed E-state index contributed by atoms with van der Waals surface area (Å²) in [6.07, 6.45) is 0.